The maximum atomic E-state index is 12.5. The molecule has 0 aliphatic carbocycles. The van der Waals surface area contributed by atoms with Crippen LogP contribution in [0.5, 0.6) is 0 Å². The molecule has 1 aliphatic rings. The van der Waals surface area contributed by atoms with Crippen LogP contribution < -0.4 is 0 Å². The highest BCUT2D eigenvalue weighted by molar-refractivity contribution is 14.1. The first-order valence-electron chi connectivity index (χ1n) is 8.21. The molecule has 3 rings (SSSR count). The van der Waals surface area contributed by atoms with Crippen LogP contribution >= 0.6 is 22.6 Å². The molecule has 124 valence electrons. The zero-order chi connectivity index (χ0) is 16.8. The molecule has 0 spiro atoms. The molecular weight excluding hydrogens is 411 g/mol. The first-order chi connectivity index (χ1) is 11.7. The lowest BCUT2D eigenvalue weighted by Gasteiger charge is -2.34. The normalized spacial score (nSPS) is 15.8. The van der Waals surface area contributed by atoms with Gasteiger partial charge in [-0.1, -0.05) is 42.5 Å². The molecule has 0 saturated carbocycles. The Morgan fingerprint density at radius 2 is 1.62 bits per heavy atom. The molecule has 0 bridgehead atoms. The Hall–Kier alpha value is -1.66. The van der Waals surface area contributed by atoms with Crippen molar-refractivity contribution in [2.45, 2.75) is 0 Å². The minimum absolute atomic E-state index is 0.144. The second-order valence-corrected chi connectivity index (χ2v) is 7.16. The summed E-state index contributed by atoms with van der Waals surface area (Å²) in [4.78, 5) is 16.9. The van der Waals surface area contributed by atoms with Crippen LogP contribution in [-0.2, 0) is 0 Å². The van der Waals surface area contributed by atoms with Gasteiger partial charge in [-0.2, -0.15) is 0 Å². The van der Waals surface area contributed by atoms with Crippen LogP contribution in [0.25, 0.3) is 6.08 Å². The Kier molecular flexibility index (Phi) is 6.04. The van der Waals surface area contributed by atoms with Crippen molar-refractivity contribution < 1.29 is 4.79 Å². The summed E-state index contributed by atoms with van der Waals surface area (Å²) in [7, 11) is 0. The van der Waals surface area contributed by atoms with Gasteiger partial charge in [-0.15, -0.1) is 0 Å². The van der Waals surface area contributed by atoms with Gasteiger partial charge in [0.25, 0.3) is 5.91 Å². The van der Waals surface area contributed by atoms with E-state index in [2.05, 4.69) is 63.9 Å². The van der Waals surface area contributed by atoms with Gasteiger partial charge in [0.2, 0.25) is 0 Å². The molecule has 0 aromatic heterocycles. The largest absolute Gasteiger partial charge is 0.336 e. The monoisotopic (exact) mass is 432 g/mol. The summed E-state index contributed by atoms with van der Waals surface area (Å²) >= 11 is 2.26. The van der Waals surface area contributed by atoms with E-state index in [1.807, 2.05) is 35.2 Å². The van der Waals surface area contributed by atoms with Gasteiger partial charge < -0.3 is 4.90 Å². The second-order valence-electron chi connectivity index (χ2n) is 5.91. The summed E-state index contributed by atoms with van der Waals surface area (Å²) in [5, 5.41) is 0. The lowest BCUT2D eigenvalue weighted by atomic mass is 10.2. The summed E-state index contributed by atoms with van der Waals surface area (Å²) in [6, 6.07) is 18.1. The highest BCUT2D eigenvalue weighted by atomic mass is 127. The number of hydrogen-bond donors (Lipinski definition) is 0. The molecule has 0 radical (unpaired) electrons. The number of benzene rings is 2. The topological polar surface area (TPSA) is 23.6 Å². The standard InChI is InChI=1S/C20H21IN2O/c21-19-10-8-18(9-11-19)20(24)23-15-13-22(14-16-23)12-4-7-17-5-2-1-3-6-17/h1-11H,12-16H2/b7-4+. The zero-order valence-corrected chi connectivity index (χ0v) is 15.7. The van der Waals surface area contributed by atoms with Crippen molar-refractivity contribution >= 4 is 34.6 Å². The molecule has 1 fully saturated rings. The number of nitrogens with zero attached hydrogens (tertiary/aromatic N) is 2. The quantitative estimate of drug-likeness (QED) is 0.688. The van der Waals surface area contributed by atoms with Crippen LogP contribution in [-0.4, -0.2) is 48.4 Å². The van der Waals surface area contributed by atoms with E-state index in [1.54, 1.807) is 0 Å². The van der Waals surface area contributed by atoms with Crippen molar-refractivity contribution in [2.24, 2.45) is 0 Å². The smallest absolute Gasteiger partial charge is 0.253 e. The zero-order valence-electron chi connectivity index (χ0n) is 13.6. The predicted molar refractivity (Wildman–Crippen MR) is 107 cm³/mol. The maximum absolute atomic E-state index is 12.5. The van der Waals surface area contributed by atoms with Gasteiger partial charge in [0, 0.05) is 41.9 Å². The van der Waals surface area contributed by atoms with Crippen LogP contribution in [0.3, 0.4) is 0 Å². The lowest BCUT2D eigenvalue weighted by Crippen LogP contribution is -2.48. The van der Waals surface area contributed by atoms with Gasteiger partial charge in [0.05, 0.1) is 0 Å². The number of amides is 1. The van der Waals surface area contributed by atoms with Gasteiger partial charge in [-0.25, -0.2) is 0 Å². The van der Waals surface area contributed by atoms with E-state index in [1.165, 1.54) is 5.56 Å². The molecule has 3 nitrogen and oxygen atoms in total. The van der Waals surface area contributed by atoms with Crippen LogP contribution in [0.1, 0.15) is 15.9 Å². The van der Waals surface area contributed by atoms with Crippen LogP contribution in [0.2, 0.25) is 0 Å². The Morgan fingerprint density at radius 1 is 0.958 bits per heavy atom. The number of halogens is 1. The molecule has 0 N–H and O–H groups in total. The Labute approximate surface area is 157 Å². The van der Waals surface area contributed by atoms with E-state index >= 15 is 0 Å². The summed E-state index contributed by atoms with van der Waals surface area (Å²) in [5.41, 5.74) is 2.01. The van der Waals surface area contributed by atoms with E-state index in [4.69, 9.17) is 0 Å². The average Bonchev–Trinajstić information content (AvgIpc) is 2.63. The predicted octanol–water partition coefficient (Wildman–Crippen LogP) is 3.76. The number of hydrogen-bond acceptors (Lipinski definition) is 2. The number of carbonyl (C=O) groups is 1. The first-order valence-corrected chi connectivity index (χ1v) is 9.29. The van der Waals surface area contributed by atoms with E-state index in [9.17, 15) is 4.79 Å². The third-order valence-electron chi connectivity index (χ3n) is 4.22. The van der Waals surface area contributed by atoms with E-state index in [0.717, 1.165) is 41.9 Å². The fourth-order valence-electron chi connectivity index (χ4n) is 2.81. The summed E-state index contributed by atoms with van der Waals surface area (Å²) < 4.78 is 1.15. The first kappa shape index (κ1) is 17.2. The van der Waals surface area contributed by atoms with E-state index in [-0.39, 0.29) is 5.91 Å². The minimum atomic E-state index is 0.144. The van der Waals surface area contributed by atoms with Gasteiger partial charge >= 0.3 is 0 Å². The molecule has 2 aromatic rings. The van der Waals surface area contributed by atoms with Crippen molar-refractivity contribution in [3.05, 3.63) is 75.4 Å². The lowest BCUT2D eigenvalue weighted by molar-refractivity contribution is 0.0650. The van der Waals surface area contributed by atoms with Crippen LogP contribution in [0.15, 0.2) is 60.7 Å². The van der Waals surface area contributed by atoms with E-state index < -0.39 is 0 Å². The third-order valence-corrected chi connectivity index (χ3v) is 4.94. The van der Waals surface area contributed by atoms with Crippen molar-refractivity contribution in [2.75, 3.05) is 32.7 Å². The molecule has 1 amide bonds. The minimum Gasteiger partial charge on any atom is -0.336 e. The van der Waals surface area contributed by atoms with Gasteiger partial charge in [0.15, 0.2) is 0 Å². The van der Waals surface area contributed by atoms with Crippen LogP contribution in [0, 0.1) is 3.57 Å². The summed E-state index contributed by atoms with van der Waals surface area (Å²) in [5.74, 6) is 0.144. The highest BCUT2D eigenvalue weighted by Crippen LogP contribution is 2.12. The van der Waals surface area contributed by atoms with Gasteiger partial charge in [-0.05, 0) is 52.4 Å². The number of carbonyl (C=O) groups excluding carboxylic acids is 1. The van der Waals surface area contributed by atoms with Gasteiger partial charge in [0.1, 0.15) is 0 Å². The van der Waals surface area contributed by atoms with Crippen molar-refractivity contribution in [3.63, 3.8) is 0 Å². The summed E-state index contributed by atoms with van der Waals surface area (Å²) in [6.45, 7) is 4.37. The fourth-order valence-corrected chi connectivity index (χ4v) is 3.17. The average molecular weight is 432 g/mol. The Bertz CT molecular complexity index is 689. The van der Waals surface area contributed by atoms with Crippen molar-refractivity contribution in [1.29, 1.82) is 0 Å². The Morgan fingerprint density at radius 3 is 2.29 bits per heavy atom. The van der Waals surface area contributed by atoms with Crippen LogP contribution in [0.4, 0.5) is 0 Å². The van der Waals surface area contributed by atoms with Crippen molar-refractivity contribution in [3.8, 4) is 0 Å². The molecule has 4 heteroatoms. The third kappa shape index (κ3) is 4.68. The molecule has 2 aromatic carbocycles. The molecule has 0 unspecified atom stereocenters. The van der Waals surface area contributed by atoms with Crippen molar-refractivity contribution in [1.82, 2.24) is 9.80 Å². The molecule has 1 saturated heterocycles. The molecular formula is C20H21IN2O. The Balaban J connectivity index is 1.48. The molecule has 1 heterocycles. The van der Waals surface area contributed by atoms with Gasteiger partial charge in [-0.3, -0.25) is 9.69 Å². The highest BCUT2D eigenvalue weighted by Gasteiger charge is 2.21. The second kappa shape index (κ2) is 8.44. The fraction of sp³-hybridized carbons (Fsp3) is 0.250. The number of piperazine rings is 1. The molecule has 0 atom stereocenters. The number of rotatable bonds is 4. The molecule has 1 aliphatic heterocycles. The van der Waals surface area contributed by atoms with E-state index in [0.29, 0.717) is 0 Å². The summed E-state index contributed by atoms with van der Waals surface area (Å²) in [6.07, 6.45) is 4.36. The maximum Gasteiger partial charge on any atom is 0.253 e. The SMILES string of the molecule is O=C(c1ccc(I)cc1)N1CCN(C/C=C/c2ccccc2)CC1. The molecule has 24 heavy (non-hydrogen) atoms.